The lowest BCUT2D eigenvalue weighted by Crippen LogP contribution is -2.28. The molecule has 4 aromatic rings. The highest BCUT2D eigenvalue weighted by Gasteiger charge is 2.15. The number of aryl methyl sites for hydroxylation is 2. The van der Waals surface area contributed by atoms with Crippen LogP contribution >= 0.6 is 0 Å². The van der Waals surface area contributed by atoms with E-state index in [0.29, 0.717) is 18.0 Å². The first-order valence-corrected chi connectivity index (χ1v) is 15.3. The number of benzene rings is 4. The summed E-state index contributed by atoms with van der Waals surface area (Å²) in [5, 5.41) is 12.6. The minimum atomic E-state index is -0.406. The van der Waals surface area contributed by atoms with Gasteiger partial charge in [-0.1, -0.05) is 59.7 Å². The summed E-state index contributed by atoms with van der Waals surface area (Å²) in [5.41, 5.74) is 14.5. The summed E-state index contributed by atoms with van der Waals surface area (Å²) in [5.74, 6) is 0.415. The minimum Gasteiger partial charge on any atom is -0.496 e. The first-order valence-electron chi connectivity index (χ1n) is 15.3. The average Bonchev–Trinajstić information content (AvgIpc) is 3.08. The van der Waals surface area contributed by atoms with Gasteiger partial charge in [0.2, 0.25) is 5.91 Å². The lowest BCUT2D eigenvalue weighted by molar-refractivity contribution is -0.140. The Kier molecular flexibility index (Phi) is 14.2. The molecule has 0 atom stereocenters. The molecule has 0 unspecified atom stereocenters. The Morgan fingerprint density at radius 3 is 1.52 bits per heavy atom. The summed E-state index contributed by atoms with van der Waals surface area (Å²) in [6.07, 6.45) is 0.391. The highest BCUT2D eigenvalue weighted by molar-refractivity contribution is 5.79. The topological polar surface area (TPSA) is 146 Å². The Morgan fingerprint density at radius 1 is 0.646 bits per heavy atom. The number of carbonyl (C=O) groups excluding carboxylic acids is 3. The SMILES string of the molecule is COC(=O)Cc1ccc(OC)c(-c2ccc(C)cc2CNCC(N)=O)c1.COC(=O)Cc1ccc(OC)c(-c2ccc(C)cc2CO)c1. The fraction of sp³-hybridized carbons (Fsp3) is 0.289. The number of amides is 1. The van der Waals surface area contributed by atoms with Gasteiger partial charge in [-0.15, -0.1) is 0 Å². The van der Waals surface area contributed by atoms with Crippen LogP contribution in [-0.4, -0.2) is 57.9 Å². The van der Waals surface area contributed by atoms with E-state index in [9.17, 15) is 19.5 Å². The number of carbonyl (C=O) groups is 3. The first kappa shape index (κ1) is 37.3. The summed E-state index contributed by atoms with van der Waals surface area (Å²) in [6.45, 7) is 4.53. The maximum Gasteiger partial charge on any atom is 0.309 e. The second kappa shape index (κ2) is 18.2. The molecule has 10 nitrogen and oxygen atoms in total. The van der Waals surface area contributed by atoms with Crippen molar-refractivity contribution in [3.05, 3.63) is 106 Å². The van der Waals surface area contributed by atoms with Gasteiger partial charge in [0, 0.05) is 17.7 Å². The van der Waals surface area contributed by atoms with Crippen LogP contribution in [0.5, 0.6) is 11.5 Å². The van der Waals surface area contributed by atoms with E-state index in [1.165, 1.54) is 14.2 Å². The third-order valence-corrected chi connectivity index (χ3v) is 7.57. The zero-order valence-corrected chi connectivity index (χ0v) is 28.3. The molecule has 0 aliphatic heterocycles. The highest BCUT2D eigenvalue weighted by atomic mass is 16.5. The summed E-state index contributed by atoms with van der Waals surface area (Å²) in [7, 11) is 5.95. The lowest BCUT2D eigenvalue weighted by Gasteiger charge is -2.16. The predicted molar refractivity (Wildman–Crippen MR) is 185 cm³/mol. The molecule has 0 heterocycles. The molecule has 1 amide bonds. The maximum absolute atomic E-state index is 11.6. The number of esters is 2. The van der Waals surface area contributed by atoms with Crippen LogP contribution in [0, 0.1) is 13.8 Å². The molecule has 0 fully saturated rings. The monoisotopic (exact) mass is 656 g/mol. The number of aliphatic hydroxyl groups excluding tert-OH is 1. The first-order chi connectivity index (χ1) is 23.0. The van der Waals surface area contributed by atoms with Crippen LogP contribution in [0.1, 0.15) is 33.4 Å². The van der Waals surface area contributed by atoms with Gasteiger partial charge < -0.3 is 35.1 Å². The number of hydrogen-bond acceptors (Lipinski definition) is 9. The number of rotatable bonds is 13. The number of nitrogens with two attached hydrogens (primary N) is 1. The van der Waals surface area contributed by atoms with Crippen molar-refractivity contribution in [2.75, 3.05) is 35.0 Å². The van der Waals surface area contributed by atoms with Crippen LogP contribution in [-0.2, 0) is 49.9 Å². The van der Waals surface area contributed by atoms with E-state index in [1.807, 2.05) is 80.6 Å². The van der Waals surface area contributed by atoms with Gasteiger partial charge in [0.15, 0.2) is 0 Å². The fourth-order valence-corrected chi connectivity index (χ4v) is 5.20. The molecular weight excluding hydrogens is 612 g/mol. The van der Waals surface area contributed by atoms with E-state index in [0.717, 1.165) is 55.6 Å². The molecule has 0 aromatic heterocycles. The van der Waals surface area contributed by atoms with Crippen LogP contribution in [0.4, 0.5) is 0 Å². The molecule has 4 aromatic carbocycles. The minimum absolute atomic E-state index is 0.0542. The van der Waals surface area contributed by atoms with Gasteiger partial charge in [-0.3, -0.25) is 14.4 Å². The number of hydrogen-bond donors (Lipinski definition) is 3. The van der Waals surface area contributed by atoms with E-state index in [2.05, 4.69) is 11.4 Å². The third kappa shape index (κ3) is 10.4. The Balaban J connectivity index is 0.000000264. The fourth-order valence-electron chi connectivity index (χ4n) is 5.20. The Labute approximate surface area is 281 Å². The molecule has 0 saturated heterocycles. The quantitative estimate of drug-likeness (QED) is 0.172. The number of ether oxygens (including phenoxy) is 4. The molecule has 0 radical (unpaired) electrons. The van der Waals surface area contributed by atoms with Crippen molar-refractivity contribution in [3.63, 3.8) is 0 Å². The lowest BCUT2D eigenvalue weighted by atomic mass is 9.95. The Hall–Kier alpha value is -5.19. The zero-order chi connectivity index (χ0) is 35.2. The van der Waals surface area contributed by atoms with E-state index < -0.39 is 5.91 Å². The zero-order valence-electron chi connectivity index (χ0n) is 28.3. The number of aliphatic hydroxyl groups is 1. The molecule has 0 aliphatic carbocycles. The van der Waals surface area contributed by atoms with E-state index in [-0.39, 0.29) is 37.9 Å². The van der Waals surface area contributed by atoms with Crippen molar-refractivity contribution in [2.24, 2.45) is 5.73 Å². The molecule has 4 rings (SSSR count). The molecule has 48 heavy (non-hydrogen) atoms. The van der Waals surface area contributed by atoms with E-state index >= 15 is 0 Å². The van der Waals surface area contributed by atoms with Crippen LogP contribution in [0.15, 0.2) is 72.8 Å². The van der Waals surface area contributed by atoms with Gasteiger partial charge >= 0.3 is 11.9 Å². The smallest absolute Gasteiger partial charge is 0.309 e. The van der Waals surface area contributed by atoms with Crippen molar-refractivity contribution >= 4 is 17.8 Å². The van der Waals surface area contributed by atoms with Gasteiger partial charge in [0.25, 0.3) is 0 Å². The maximum atomic E-state index is 11.6. The summed E-state index contributed by atoms with van der Waals surface area (Å²) < 4.78 is 20.4. The van der Waals surface area contributed by atoms with Gasteiger partial charge in [-0.2, -0.15) is 0 Å². The summed E-state index contributed by atoms with van der Waals surface area (Å²) in [6, 6.07) is 23.2. The molecule has 4 N–H and O–H groups in total. The van der Waals surface area contributed by atoms with Crippen molar-refractivity contribution < 1.29 is 38.4 Å². The van der Waals surface area contributed by atoms with Crippen molar-refractivity contribution in [2.45, 2.75) is 39.8 Å². The van der Waals surface area contributed by atoms with Crippen LogP contribution in [0.2, 0.25) is 0 Å². The van der Waals surface area contributed by atoms with Crippen LogP contribution < -0.4 is 20.5 Å². The third-order valence-electron chi connectivity index (χ3n) is 7.57. The summed E-state index contributed by atoms with van der Waals surface area (Å²) in [4.78, 5) is 34.0. The van der Waals surface area contributed by atoms with Crippen LogP contribution in [0.3, 0.4) is 0 Å². The van der Waals surface area contributed by atoms with Gasteiger partial charge in [-0.05, 0) is 71.5 Å². The number of primary amides is 1. The molecule has 10 heteroatoms. The van der Waals surface area contributed by atoms with Gasteiger partial charge in [0.05, 0.1) is 54.4 Å². The van der Waals surface area contributed by atoms with Crippen molar-refractivity contribution in [3.8, 4) is 33.8 Å². The second-order valence-electron chi connectivity index (χ2n) is 11.1. The normalized spacial score (nSPS) is 10.4. The van der Waals surface area contributed by atoms with Gasteiger partial charge in [-0.25, -0.2) is 0 Å². The highest BCUT2D eigenvalue weighted by Crippen LogP contribution is 2.35. The van der Waals surface area contributed by atoms with Crippen molar-refractivity contribution in [1.82, 2.24) is 5.32 Å². The molecule has 0 aliphatic rings. The Bertz CT molecular complexity index is 1730. The molecule has 0 spiro atoms. The molecule has 254 valence electrons. The predicted octanol–water partition coefficient (Wildman–Crippen LogP) is 4.84. The second-order valence-corrected chi connectivity index (χ2v) is 11.1. The largest absolute Gasteiger partial charge is 0.496 e. The molecular formula is C38H44N2O8. The standard InChI is InChI=1S/C20H24N2O4.C18H20O4/c1-13-4-6-16(15(8-13)11-22-12-19(21)23)17-9-14(10-20(24)26-3)5-7-18(17)25-2;1-12-4-6-15(14(8-12)11-19)16-9-13(10-18(20)22-3)5-7-17(16)21-2/h4-9,22H,10-12H2,1-3H3,(H2,21,23);4-9,19H,10-11H2,1-3H3. The molecule has 0 saturated carbocycles. The summed E-state index contributed by atoms with van der Waals surface area (Å²) >= 11 is 0. The van der Waals surface area contributed by atoms with E-state index in [1.54, 1.807) is 14.2 Å². The molecule has 0 bridgehead atoms. The number of methoxy groups -OCH3 is 4. The number of nitrogens with one attached hydrogen (secondary N) is 1. The van der Waals surface area contributed by atoms with Crippen molar-refractivity contribution in [1.29, 1.82) is 0 Å². The van der Waals surface area contributed by atoms with Gasteiger partial charge in [0.1, 0.15) is 11.5 Å². The van der Waals surface area contributed by atoms with Crippen LogP contribution in [0.25, 0.3) is 22.3 Å². The van der Waals surface area contributed by atoms with E-state index in [4.69, 9.17) is 24.7 Å². The average molecular weight is 657 g/mol. The Morgan fingerprint density at radius 2 is 1.10 bits per heavy atom.